The van der Waals surface area contributed by atoms with E-state index in [1.54, 1.807) is 25.1 Å². The monoisotopic (exact) mass is 300 g/mol. The molecular formula is C12H11Cl2FN4. The summed E-state index contributed by atoms with van der Waals surface area (Å²) in [4.78, 5) is 8.06. The van der Waals surface area contributed by atoms with Crippen molar-refractivity contribution < 1.29 is 4.39 Å². The Kier molecular flexibility index (Phi) is 4.19. The van der Waals surface area contributed by atoms with Crippen molar-refractivity contribution in [1.82, 2.24) is 9.97 Å². The van der Waals surface area contributed by atoms with Gasteiger partial charge in [-0.25, -0.2) is 20.2 Å². The summed E-state index contributed by atoms with van der Waals surface area (Å²) >= 11 is 11.9. The van der Waals surface area contributed by atoms with E-state index >= 15 is 0 Å². The Morgan fingerprint density at radius 3 is 2.68 bits per heavy atom. The van der Waals surface area contributed by atoms with Crippen LogP contribution in [0.3, 0.4) is 0 Å². The van der Waals surface area contributed by atoms with Crippen molar-refractivity contribution in [1.29, 1.82) is 0 Å². The van der Waals surface area contributed by atoms with Crippen LogP contribution in [0, 0.1) is 12.7 Å². The number of aryl methyl sites for hydroxylation is 1. The second-order valence-corrected chi connectivity index (χ2v) is 4.79. The second-order valence-electron chi connectivity index (χ2n) is 3.94. The Bertz CT molecular complexity index is 619. The number of hydrogen-bond donors (Lipinski definition) is 2. The minimum absolute atomic E-state index is 0.0346. The van der Waals surface area contributed by atoms with Crippen molar-refractivity contribution in [3.8, 4) is 0 Å². The fourth-order valence-electron chi connectivity index (χ4n) is 1.63. The summed E-state index contributed by atoms with van der Waals surface area (Å²) in [5.41, 5.74) is 3.24. The van der Waals surface area contributed by atoms with Crippen molar-refractivity contribution in [2.75, 3.05) is 5.43 Å². The van der Waals surface area contributed by atoms with Gasteiger partial charge in [0, 0.05) is 16.5 Å². The molecule has 3 N–H and O–H groups in total. The van der Waals surface area contributed by atoms with Crippen LogP contribution in [0.1, 0.15) is 17.1 Å². The minimum Gasteiger partial charge on any atom is -0.306 e. The number of nitrogens with zero attached hydrogens (tertiary/aromatic N) is 2. The highest BCUT2D eigenvalue weighted by atomic mass is 35.5. The van der Waals surface area contributed by atoms with Gasteiger partial charge in [-0.1, -0.05) is 29.3 Å². The molecule has 0 saturated carbocycles. The molecule has 1 aromatic heterocycles. The quantitative estimate of drug-likeness (QED) is 0.675. The summed E-state index contributed by atoms with van der Waals surface area (Å²) in [5.74, 6) is 5.04. The average molecular weight is 301 g/mol. The van der Waals surface area contributed by atoms with Crippen LogP contribution in [-0.2, 0) is 6.42 Å². The Morgan fingerprint density at radius 2 is 2.05 bits per heavy atom. The molecule has 0 aliphatic carbocycles. The van der Waals surface area contributed by atoms with Crippen molar-refractivity contribution in [2.45, 2.75) is 13.3 Å². The molecule has 4 nitrogen and oxygen atoms in total. The van der Waals surface area contributed by atoms with Crippen LogP contribution in [0.25, 0.3) is 0 Å². The Hall–Kier alpha value is -1.43. The number of benzene rings is 1. The van der Waals surface area contributed by atoms with Crippen LogP contribution in [-0.4, -0.2) is 9.97 Å². The summed E-state index contributed by atoms with van der Waals surface area (Å²) in [6.07, 6.45) is 0.367. The predicted molar refractivity (Wildman–Crippen MR) is 73.8 cm³/mol. The van der Waals surface area contributed by atoms with Crippen LogP contribution < -0.4 is 11.3 Å². The van der Waals surface area contributed by atoms with Crippen LogP contribution >= 0.6 is 23.2 Å². The lowest BCUT2D eigenvalue weighted by atomic mass is 10.1. The molecule has 0 radical (unpaired) electrons. The molecule has 0 aliphatic rings. The summed E-state index contributed by atoms with van der Waals surface area (Å²) in [6, 6.07) is 5.14. The Labute approximate surface area is 119 Å². The minimum atomic E-state index is -0.562. The molecule has 19 heavy (non-hydrogen) atoms. The fraction of sp³-hybridized carbons (Fsp3) is 0.167. The zero-order chi connectivity index (χ0) is 14.0. The third-order valence-electron chi connectivity index (χ3n) is 2.56. The highest BCUT2D eigenvalue weighted by Gasteiger charge is 2.12. The van der Waals surface area contributed by atoms with Crippen molar-refractivity contribution >= 4 is 29.0 Å². The van der Waals surface area contributed by atoms with Crippen LogP contribution in [0.4, 0.5) is 10.2 Å². The van der Waals surface area contributed by atoms with Crippen molar-refractivity contribution in [3.05, 3.63) is 51.1 Å². The molecular weight excluding hydrogens is 290 g/mol. The van der Waals surface area contributed by atoms with Crippen LogP contribution in [0.15, 0.2) is 18.2 Å². The molecule has 0 saturated heterocycles. The second kappa shape index (κ2) is 5.69. The van der Waals surface area contributed by atoms with Gasteiger partial charge in [-0.2, -0.15) is 0 Å². The normalized spacial score (nSPS) is 10.6. The number of nitrogens with one attached hydrogen (secondary N) is 1. The lowest BCUT2D eigenvalue weighted by molar-refractivity contribution is 0.601. The van der Waals surface area contributed by atoms with Gasteiger partial charge in [0.2, 0.25) is 0 Å². The van der Waals surface area contributed by atoms with Gasteiger partial charge in [0.25, 0.3) is 0 Å². The van der Waals surface area contributed by atoms with Crippen LogP contribution in [0.5, 0.6) is 0 Å². The Morgan fingerprint density at radius 1 is 1.32 bits per heavy atom. The summed E-state index contributed by atoms with van der Waals surface area (Å²) in [6.45, 7) is 1.55. The zero-order valence-corrected chi connectivity index (χ0v) is 11.6. The van der Waals surface area contributed by atoms with E-state index in [-0.39, 0.29) is 11.5 Å². The number of halogens is 3. The first kappa shape index (κ1) is 14.0. The van der Waals surface area contributed by atoms with Gasteiger partial charge in [-0.05, 0) is 24.6 Å². The Balaban J connectivity index is 2.35. The van der Waals surface area contributed by atoms with E-state index in [0.717, 1.165) is 5.56 Å². The fourth-order valence-corrected chi connectivity index (χ4v) is 2.10. The molecule has 0 fully saturated rings. The molecule has 0 amide bonds. The van der Waals surface area contributed by atoms with E-state index < -0.39 is 5.82 Å². The van der Waals surface area contributed by atoms with E-state index in [1.165, 1.54) is 0 Å². The SMILES string of the molecule is Cc1nc(Cc2ccc(Cl)cc2Cl)nc(NN)c1F. The maximum absolute atomic E-state index is 13.5. The van der Waals surface area contributed by atoms with Gasteiger partial charge in [0.1, 0.15) is 5.82 Å². The highest BCUT2D eigenvalue weighted by molar-refractivity contribution is 6.35. The number of hydrogen-bond acceptors (Lipinski definition) is 4. The number of aromatic nitrogens is 2. The number of hydrazine groups is 1. The first-order valence-corrected chi connectivity index (χ1v) is 6.20. The predicted octanol–water partition coefficient (Wildman–Crippen LogP) is 3.11. The molecule has 1 aromatic carbocycles. The summed E-state index contributed by atoms with van der Waals surface area (Å²) < 4.78 is 13.5. The smallest absolute Gasteiger partial charge is 0.187 e. The molecule has 0 bridgehead atoms. The lowest BCUT2D eigenvalue weighted by Crippen LogP contribution is -2.14. The van der Waals surface area contributed by atoms with Gasteiger partial charge in [-0.15, -0.1) is 0 Å². The molecule has 2 aromatic rings. The summed E-state index contributed by atoms with van der Waals surface area (Å²) in [5, 5.41) is 1.06. The molecule has 0 spiro atoms. The number of nitrogen functional groups attached to an aromatic ring is 1. The van der Waals surface area contributed by atoms with E-state index in [0.29, 0.717) is 22.3 Å². The number of nitrogens with two attached hydrogens (primary N) is 1. The average Bonchev–Trinajstić information content (AvgIpc) is 2.37. The largest absolute Gasteiger partial charge is 0.306 e. The molecule has 7 heteroatoms. The molecule has 100 valence electrons. The van der Waals surface area contributed by atoms with Gasteiger partial charge in [0.15, 0.2) is 11.6 Å². The van der Waals surface area contributed by atoms with Gasteiger partial charge < -0.3 is 5.43 Å². The zero-order valence-electron chi connectivity index (χ0n) is 10.0. The molecule has 1 heterocycles. The van der Waals surface area contributed by atoms with Gasteiger partial charge in [0.05, 0.1) is 5.69 Å². The standard InChI is InChI=1S/C12H11Cl2FN4/c1-6-11(15)12(19-16)18-10(17-6)4-7-2-3-8(13)5-9(7)14/h2-3,5H,4,16H2,1H3,(H,17,18,19). The first-order chi connectivity index (χ1) is 9.01. The first-order valence-electron chi connectivity index (χ1n) is 5.45. The third-order valence-corrected chi connectivity index (χ3v) is 3.15. The van der Waals surface area contributed by atoms with Crippen molar-refractivity contribution in [3.63, 3.8) is 0 Å². The maximum Gasteiger partial charge on any atom is 0.187 e. The number of anilines is 1. The topological polar surface area (TPSA) is 63.8 Å². The highest BCUT2D eigenvalue weighted by Crippen LogP contribution is 2.23. The van der Waals surface area contributed by atoms with Gasteiger partial charge in [-0.3, -0.25) is 0 Å². The lowest BCUT2D eigenvalue weighted by Gasteiger charge is -2.08. The molecule has 0 atom stereocenters. The van der Waals surface area contributed by atoms with E-state index in [4.69, 9.17) is 29.0 Å². The summed E-state index contributed by atoms with van der Waals surface area (Å²) in [7, 11) is 0. The number of rotatable bonds is 3. The molecule has 0 unspecified atom stereocenters. The maximum atomic E-state index is 13.5. The molecule has 2 rings (SSSR count). The van der Waals surface area contributed by atoms with Gasteiger partial charge >= 0.3 is 0 Å². The molecule has 0 aliphatic heterocycles. The van der Waals surface area contributed by atoms with Crippen LogP contribution in [0.2, 0.25) is 10.0 Å². The third kappa shape index (κ3) is 3.12. The van der Waals surface area contributed by atoms with E-state index in [2.05, 4.69) is 15.4 Å². The van der Waals surface area contributed by atoms with Crippen molar-refractivity contribution in [2.24, 2.45) is 5.84 Å². The van der Waals surface area contributed by atoms with E-state index in [1.807, 2.05) is 0 Å². The van der Waals surface area contributed by atoms with E-state index in [9.17, 15) is 4.39 Å².